The third-order valence-electron chi connectivity index (χ3n) is 5.45. The first kappa shape index (κ1) is 19.7. The molecule has 1 atom stereocenters. The van der Waals surface area contributed by atoms with Crippen molar-refractivity contribution in [2.75, 3.05) is 7.11 Å². The summed E-state index contributed by atoms with van der Waals surface area (Å²) in [7, 11) is 1.65. The summed E-state index contributed by atoms with van der Waals surface area (Å²) in [6, 6.07) is 12.2. The molecule has 0 bridgehead atoms. The number of hydrogen-bond donors (Lipinski definition) is 1. The lowest BCUT2D eigenvalue weighted by molar-refractivity contribution is 0.128. The van der Waals surface area contributed by atoms with Gasteiger partial charge in [0, 0.05) is 25.1 Å². The average Bonchev–Trinajstić information content (AvgIpc) is 3.45. The highest BCUT2D eigenvalue weighted by Gasteiger charge is 2.33. The van der Waals surface area contributed by atoms with E-state index >= 15 is 0 Å². The van der Waals surface area contributed by atoms with Gasteiger partial charge in [-0.05, 0) is 35.9 Å². The van der Waals surface area contributed by atoms with Gasteiger partial charge in [0.15, 0.2) is 0 Å². The molecule has 3 heterocycles. The van der Waals surface area contributed by atoms with E-state index in [0.29, 0.717) is 36.8 Å². The lowest BCUT2D eigenvalue weighted by Crippen LogP contribution is -2.34. The van der Waals surface area contributed by atoms with Crippen LogP contribution in [0.5, 0.6) is 5.75 Å². The second-order valence-corrected chi connectivity index (χ2v) is 7.79. The van der Waals surface area contributed by atoms with E-state index in [2.05, 4.69) is 25.0 Å². The number of imidazole rings is 1. The van der Waals surface area contributed by atoms with E-state index in [1.165, 1.54) is 12.1 Å². The molecular weight excluding hydrogens is 421 g/mol. The van der Waals surface area contributed by atoms with E-state index < -0.39 is 5.82 Å². The summed E-state index contributed by atoms with van der Waals surface area (Å²) in [4.78, 5) is 14.5. The van der Waals surface area contributed by atoms with Gasteiger partial charge in [0.2, 0.25) is 11.7 Å². The van der Waals surface area contributed by atoms with Gasteiger partial charge < -0.3 is 14.2 Å². The van der Waals surface area contributed by atoms with E-state index in [0.717, 1.165) is 22.7 Å². The molecule has 0 saturated carbocycles. The molecule has 1 aliphatic heterocycles. The minimum absolute atomic E-state index is 0.0174. The largest absolute Gasteiger partial charge is 0.497 e. The average molecular weight is 440 g/mol. The second-order valence-electron chi connectivity index (χ2n) is 7.39. The predicted octanol–water partition coefficient (Wildman–Crippen LogP) is 4.56. The molecule has 31 heavy (non-hydrogen) atoms. The van der Waals surface area contributed by atoms with Crippen LogP contribution in [0.25, 0.3) is 11.4 Å². The number of aromatic nitrogens is 4. The number of aromatic amines is 1. The van der Waals surface area contributed by atoms with Gasteiger partial charge in [-0.1, -0.05) is 28.9 Å². The fraction of sp³-hybridized carbons (Fsp3) is 0.227. The van der Waals surface area contributed by atoms with Crippen LogP contribution in [0.2, 0.25) is 5.02 Å². The fourth-order valence-corrected chi connectivity index (χ4v) is 3.97. The number of nitrogens with one attached hydrogen (secondary N) is 1. The van der Waals surface area contributed by atoms with Gasteiger partial charge >= 0.3 is 0 Å². The van der Waals surface area contributed by atoms with Crippen molar-refractivity contribution in [2.24, 2.45) is 0 Å². The van der Waals surface area contributed by atoms with Crippen molar-refractivity contribution in [3.63, 3.8) is 0 Å². The maximum absolute atomic E-state index is 13.5. The molecule has 0 fully saturated rings. The summed E-state index contributed by atoms with van der Waals surface area (Å²) in [5.74, 6) is 1.18. The number of nitrogens with zero attached hydrogens (tertiary/aromatic N) is 4. The molecular formula is C22H19ClFN5O2. The number of hydrogen-bond acceptors (Lipinski definition) is 6. The van der Waals surface area contributed by atoms with Crippen LogP contribution in [0.4, 0.5) is 4.39 Å². The molecule has 0 spiro atoms. The smallest absolute Gasteiger partial charge is 0.244 e. The summed E-state index contributed by atoms with van der Waals surface area (Å²) in [6.45, 7) is 1.36. The summed E-state index contributed by atoms with van der Waals surface area (Å²) >= 11 is 5.91. The molecule has 0 aliphatic carbocycles. The fourth-order valence-electron chi connectivity index (χ4n) is 3.79. The maximum atomic E-state index is 13.5. The summed E-state index contributed by atoms with van der Waals surface area (Å²) in [6.07, 6.45) is 2.35. The molecule has 0 radical (unpaired) electrons. The normalized spacial score (nSPS) is 16.3. The van der Waals surface area contributed by atoms with Crippen molar-refractivity contribution >= 4 is 11.6 Å². The Kier molecular flexibility index (Phi) is 5.17. The first-order chi connectivity index (χ1) is 15.1. The number of ether oxygens (including phenoxy) is 1. The molecule has 158 valence electrons. The first-order valence-corrected chi connectivity index (χ1v) is 10.2. The molecule has 2 aromatic carbocycles. The van der Waals surface area contributed by atoms with Crippen LogP contribution in [0.1, 0.15) is 28.9 Å². The molecule has 0 amide bonds. The Bertz CT molecular complexity index is 1210. The van der Waals surface area contributed by atoms with Crippen LogP contribution in [-0.2, 0) is 19.5 Å². The molecule has 0 saturated heterocycles. The minimum Gasteiger partial charge on any atom is -0.497 e. The van der Waals surface area contributed by atoms with Crippen molar-refractivity contribution in [3.8, 4) is 17.1 Å². The number of fused-ring (bicyclic) bond motifs is 1. The Balaban J connectivity index is 1.45. The quantitative estimate of drug-likeness (QED) is 0.491. The van der Waals surface area contributed by atoms with E-state index in [4.69, 9.17) is 20.9 Å². The van der Waals surface area contributed by atoms with Gasteiger partial charge in [-0.3, -0.25) is 4.90 Å². The third-order valence-corrected chi connectivity index (χ3v) is 5.74. The lowest BCUT2D eigenvalue weighted by Gasteiger charge is -2.32. The zero-order valence-corrected chi connectivity index (χ0v) is 17.4. The zero-order valence-electron chi connectivity index (χ0n) is 16.7. The van der Waals surface area contributed by atoms with E-state index in [1.807, 2.05) is 24.3 Å². The summed E-state index contributed by atoms with van der Waals surface area (Å²) in [5.41, 5.74) is 3.80. The number of methoxy groups -OCH3 is 1. The highest BCUT2D eigenvalue weighted by Crippen LogP contribution is 2.34. The number of H-pyrrole nitrogens is 1. The van der Waals surface area contributed by atoms with Gasteiger partial charge in [0.1, 0.15) is 11.6 Å². The molecule has 7 nitrogen and oxygen atoms in total. The van der Waals surface area contributed by atoms with Crippen LogP contribution in [0, 0.1) is 5.82 Å². The van der Waals surface area contributed by atoms with E-state index in [-0.39, 0.29) is 11.1 Å². The van der Waals surface area contributed by atoms with Crippen LogP contribution in [-0.4, -0.2) is 32.1 Å². The van der Waals surface area contributed by atoms with Crippen molar-refractivity contribution in [1.29, 1.82) is 0 Å². The Labute approximate surface area is 182 Å². The highest BCUT2D eigenvalue weighted by molar-refractivity contribution is 6.31. The predicted molar refractivity (Wildman–Crippen MR) is 112 cm³/mol. The standard InChI is InChI=1S/C22H19ClFN5O2/c1-30-15-5-2-13(3-6-15)10-29-11-19-18(25-12-26-19)9-20(29)22-27-21(28-31-22)14-4-7-17(24)16(23)8-14/h2-8,12,20H,9-11H2,1H3,(H,25,26)/t20-/m0/s1. The summed E-state index contributed by atoms with van der Waals surface area (Å²) in [5, 5.41) is 4.12. The highest BCUT2D eigenvalue weighted by atomic mass is 35.5. The van der Waals surface area contributed by atoms with Crippen molar-refractivity contribution in [1.82, 2.24) is 25.0 Å². The zero-order chi connectivity index (χ0) is 21.4. The van der Waals surface area contributed by atoms with Gasteiger partial charge in [-0.15, -0.1) is 0 Å². The molecule has 2 aromatic heterocycles. The Morgan fingerprint density at radius 2 is 2.10 bits per heavy atom. The molecule has 1 aliphatic rings. The molecule has 9 heteroatoms. The maximum Gasteiger partial charge on any atom is 0.244 e. The number of benzene rings is 2. The van der Waals surface area contributed by atoms with Gasteiger partial charge in [0.05, 0.1) is 35.9 Å². The Hall–Kier alpha value is -3.23. The van der Waals surface area contributed by atoms with Crippen LogP contribution in [0.15, 0.2) is 53.3 Å². The minimum atomic E-state index is -0.488. The molecule has 1 N–H and O–H groups in total. The van der Waals surface area contributed by atoms with Crippen molar-refractivity contribution in [3.05, 3.63) is 82.5 Å². The monoisotopic (exact) mass is 439 g/mol. The summed E-state index contributed by atoms with van der Waals surface area (Å²) < 4.78 is 24.4. The molecule has 4 aromatic rings. The Morgan fingerprint density at radius 1 is 1.26 bits per heavy atom. The van der Waals surface area contributed by atoms with Gasteiger partial charge in [-0.25, -0.2) is 9.37 Å². The van der Waals surface area contributed by atoms with Crippen molar-refractivity contribution in [2.45, 2.75) is 25.6 Å². The topological polar surface area (TPSA) is 80.1 Å². The van der Waals surface area contributed by atoms with E-state index in [9.17, 15) is 4.39 Å². The number of rotatable bonds is 5. The van der Waals surface area contributed by atoms with Gasteiger partial charge in [0.25, 0.3) is 0 Å². The first-order valence-electron chi connectivity index (χ1n) is 9.78. The van der Waals surface area contributed by atoms with E-state index in [1.54, 1.807) is 19.5 Å². The lowest BCUT2D eigenvalue weighted by atomic mass is 10.0. The number of halogens is 2. The van der Waals surface area contributed by atoms with Crippen molar-refractivity contribution < 1.29 is 13.7 Å². The second kappa shape index (κ2) is 8.13. The SMILES string of the molecule is COc1ccc(CN2Cc3[nH]cnc3C[C@H]2c2nc(-c3ccc(F)c(Cl)c3)no2)cc1. The molecule has 0 unspecified atom stereocenters. The van der Waals surface area contributed by atoms with Crippen LogP contribution in [0.3, 0.4) is 0 Å². The molecule has 5 rings (SSSR count). The third kappa shape index (κ3) is 3.92. The Morgan fingerprint density at radius 3 is 2.87 bits per heavy atom. The van der Waals surface area contributed by atoms with Gasteiger partial charge in [-0.2, -0.15) is 4.98 Å². The van der Waals surface area contributed by atoms with Crippen LogP contribution >= 0.6 is 11.6 Å². The van der Waals surface area contributed by atoms with Crippen LogP contribution < -0.4 is 4.74 Å².